The zero-order valence-electron chi connectivity index (χ0n) is 17.0. The molecule has 158 valence electrons. The third kappa shape index (κ3) is 5.65. The molecule has 0 saturated carbocycles. The maximum atomic E-state index is 12.6. The van der Waals surface area contributed by atoms with Crippen LogP contribution in [0, 0.1) is 0 Å². The van der Waals surface area contributed by atoms with Crippen LogP contribution in [-0.4, -0.2) is 35.9 Å². The molecule has 3 rings (SSSR count). The van der Waals surface area contributed by atoms with Crippen molar-refractivity contribution in [2.75, 3.05) is 7.11 Å². The second-order valence-corrected chi connectivity index (χ2v) is 7.02. The van der Waals surface area contributed by atoms with E-state index in [2.05, 4.69) is 5.32 Å². The van der Waals surface area contributed by atoms with Crippen LogP contribution in [0.3, 0.4) is 0 Å². The van der Waals surface area contributed by atoms with Crippen LogP contribution >= 0.6 is 0 Å². The minimum Gasteiger partial charge on any atom is -0.480 e. The molecule has 3 aromatic rings. The van der Waals surface area contributed by atoms with Crippen LogP contribution in [0.4, 0.5) is 0 Å². The van der Waals surface area contributed by atoms with Crippen LogP contribution in [0.5, 0.6) is 0 Å². The smallest absolute Gasteiger partial charge is 0.326 e. The van der Waals surface area contributed by atoms with Gasteiger partial charge in [-0.2, -0.15) is 0 Å². The summed E-state index contributed by atoms with van der Waals surface area (Å²) in [5, 5.41) is 12.1. The molecule has 31 heavy (non-hydrogen) atoms. The molecule has 0 heterocycles. The monoisotopic (exact) mass is 417 g/mol. The first-order valence-corrected chi connectivity index (χ1v) is 9.79. The molecule has 3 aromatic carbocycles. The summed E-state index contributed by atoms with van der Waals surface area (Å²) in [6.45, 7) is 0. The highest BCUT2D eigenvalue weighted by Crippen LogP contribution is 2.17. The van der Waals surface area contributed by atoms with Gasteiger partial charge in [0, 0.05) is 24.7 Å². The summed E-state index contributed by atoms with van der Waals surface area (Å²) < 4.78 is 5.27. The van der Waals surface area contributed by atoms with Gasteiger partial charge in [-0.3, -0.25) is 9.59 Å². The molecule has 6 heteroatoms. The van der Waals surface area contributed by atoms with Crippen molar-refractivity contribution in [2.24, 2.45) is 0 Å². The molecule has 2 atom stereocenters. The first-order valence-electron chi connectivity index (χ1n) is 9.79. The van der Waals surface area contributed by atoms with Crippen LogP contribution in [-0.2, 0) is 20.7 Å². The number of ketones is 1. The maximum absolute atomic E-state index is 12.6. The minimum atomic E-state index is -1.15. The SMILES string of the molecule is CO[C@H](C(=O)N[C@H](Cc1ccc(C(=O)c2ccccc2)cc1)C(=O)O)c1ccccc1. The number of nitrogens with one attached hydrogen (secondary N) is 1. The van der Waals surface area contributed by atoms with E-state index in [0.717, 1.165) is 0 Å². The Hall–Kier alpha value is -3.77. The van der Waals surface area contributed by atoms with Gasteiger partial charge in [-0.25, -0.2) is 4.79 Å². The van der Waals surface area contributed by atoms with Gasteiger partial charge in [-0.05, 0) is 11.1 Å². The zero-order chi connectivity index (χ0) is 22.2. The molecule has 0 aliphatic carbocycles. The van der Waals surface area contributed by atoms with Crippen LogP contribution in [0.15, 0.2) is 84.9 Å². The third-order valence-corrected chi connectivity index (χ3v) is 4.88. The number of methoxy groups -OCH3 is 1. The summed E-state index contributed by atoms with van der Waals surface area (Å²) in [6, 6.07) is 23.4. The Morgan fingerprint density at radius 1 is 0.839 bits per heavy atom. The fourth-order valence-electron chi connectivity index (χ4n) is 3.25. The van der Waals surface area contributed by atoms with Gasteiger partial charge in [-0.15, -0.1) is 0 Å². The quantitative estimate of drug-likeness (QED) is 0.521. The summed E-state index contributed by atoms with van der Waals surface area (Å²) in [5.41, 5.74) is 2.41. The number of carboxylic acids is 1. The van der Waals surface area contributed by atoms with Crippen LogP contribution in [0.2, 0.25) is 0 Å². The normalized spacial score (nSPS) is 12.5. The molecule has 0 aliphatic heterocycles. The van der Waals surface area contributed by atoms with E-state index in [1.165, 1.54) is 7.11 Å². The number of hydrogen-bond acceptors (Lipinski definition) is 4. The Morgan fingerprint density at radius 2 is 1.39 bits per heavy atom. The van der Waals surface area contributed by atoms with Crippen LogP contribution in [0.1, 0.15) is 33.2 Å². The van der Waals surface area contributed by atoms with Crippen molar-refractivity contribution in [3.05, 3.63) is 107 Å². The average Bonchev–Trinajstić information content (AvgIpc) is 2.80. The Morgan fingerprint density at radius 3 is 1.94 bits per heavy atom. The fourth-order valence-corrected chi connectivity index (χ4v) is 3.25. The van der Waals surface area contributed by atoms with Crippen molar-refractivity contribution < 1.29 is 24.2 Å². The first kappa shape index (κ1) is 21.9. The largest absolute Gasteiger partial charge is 0.480 e. The number of ether oxygens (including phenoxy) is 1. The minimum absolute atomic E-state index is 0.0755. The number of benzene rings is 3. The highest BCUT2D eigenvalue weighted by molar-refractivity contribution is 6.08. The molecular weight excluding hydrogens is 394 g/mol. The highest BCUT2D eigenvalue weighted by Gasteiger charge is 2.26. The Bertz CT molecular complexity index is 1030. The number of rotatable bonds is 9. The number of aliphatic carboxylic acids is 1. The maximum Gasteiger partial charge on any atom is 0.326 e. The topological polar surface area (TPSA) is 92.7 Å². The first-order chi connectivity index (χ1) is 15.0. The average molecular weight is 417 g/mol. The molecule has 6 nitrogen and oxygen atoms in total. The molecule has 0 saturated heterocycles. The van der Waals surface area contributed by atoms with Crippen molar-refractivity contribution in [3.8, 4) is 0 Å². The number of amides is 1. The summed E-state index contributed by atoms with van der Waals surface area (Å²) >= 11 is 0. The molecule has 0 bridgehead atoms. The summed E-state index contributed by atoms with van der Waals surface area (Å²) in [7, 11) is 1.40. The predicted octanol–water partition coefficient (Wildman–Crippen LogP) is 3.42. The lowest BCUT2D eigenvalue weighted by molar-refractivity contribution is -0.144. The summed E-state index contributed by atoms with van der Waals surface area (Å²) in [4.78, 5) is 36.9. The van der Waals surface area contributed by atoms with Gasteiger partial charge in [0.2, 0.25) is 0 Å². The second kappa shape index (κ2) is 10.3. The van der Waals surface area contributed by atoms with Gasteiger partial charge < -0.3 is 15.2 Å². The van der Waals surface area contributed by atoms with E-state index in [1.807, 2.05) is 12.1 Å². The van der Waals surface area contributed by atoms with E-state index >= 15 is 0 Å². The number of carbonyl (C=O) groups excluding carboxylic acids is 2. The van der Waals surface area contributed by atoms with Gasteiger partial charge in [0.25, 0.3) is 5.91 Å². The lowest BCUT2D eigenvalue weighted by Gasteiger charge is -2.20. The van der Waals surface area contributed by atoms with E-state index in [1.54, 1.807) is 72.8 Å². The third-order valence-electron chi connectivity index (χ3n) is 4.88. The van der Waals surface area contributed by atoms with E-state index < -0.39 is 24.0 Å². The molecule has 0 aliphatic rings. The standard InChI is InChI=1S/C25H23NO5/c1-31-23(20-10-6-3-7-11-20)24(28)26-21(25(29)30)16-17-12-14-19(15-13-17)22(27)18-8-4-2-5-9-18/h2-15,21,23H,16H2,1H3,(H,26,28)(H,29,30)/t21-,23+/m1/s1. The lowest BCUT2D eigenvalue weighted by Crippen LogP contribution is -2.44. The summed E-state index contributed by atoms with van der Waals surface area (Å²) in [5.74, 6) is -1.79. The van der Waals surface area contributed by atoms with Crippen molar-refractivity contribution in [1.29, 1.82) is 0 Å². The van der Waals surface area contributed by atoms with Gasteiger partial charge >= 0.3 is 5.97 Å². The van der Waals surface area contributed by atoms with Gasteiger partial charge in [0.1, 0.15) is 6.04 Å². The van der Waals surface area contributed by atoms with Crippen molar-refractivity contribution in [1.82, 2.24) is 5.32 Å². The number of carboxylic acid groups (broad SMARTS) is 1. The number of hydrogen-bond donors (Lipinski definition) is 2. The zero-order valence-corrected chi connectivity index (χ0v) is 17.0. The molecule has 0 aromatic heterocycles. The Balaban J connectivity index is 1.69. The van der Waals surface area contributed by atoms with E-state index in [0.29, 0.717) is 22.3 Å². The second-order valence-electron chi connectivity index (χ2n) is 7.02. The van der Waals surface area contributed by atoms with Gasteiger partial charge in [0.15, 0.2) is 11.9 Å². The van der Waals surface area contributed by atoms with Crippen molar-refractivity contribution in [3.63, 3.8) is 0 Å². The molecule has 2 N–H and O–H groups in total. The van der Waals surface area contributed by atoms with E-state index in [4.69, 9.17) is 4.74 Å². The van der Waals surface area contributed by atoms with Gasteiger partial charge in [0.05, 0.1) is 0 Å². The molecular formula is C25H23NO5. The van der Waals surface area contributed by atoms with Crippen LogP contribution < -0.4 is 5.32 Å². The molecule has 0 unspecified atom stereocenters. The Labute approximate surface area is 180 Å². The van der Waals surface area contributed by atoms with E-state index in [9.17, 15) is 19.5 Å². The molecule has 0 radical (unpaired) electrons. The molecule has 1 amide bonds. The van der Waals surface area contributed by atoms with Crippen LogP contribution in [0.25, 0.3) is 0 Å². The van der Waals surface area contributed by atoms with Gasteiger partial charge in [-0.1, -0.05) is 84.9 Å². The predicted molar refractivity (Wildman–Crippen MR) is 116 cm³/mol. The molecule has 0 fully saturated rings. The Kier molecular flexibility index (Phi) is 7.30. The highest BCUT2D eigenvalue weighted by atomic mass is 16.5. The fraction of sp³-hybridized carbons (Fsp3) is 0.160. The van der Waals surface area contributed by atoms with E-state index in [-0.39, 0.29) is 12.2 Å². The number of carbonyl (C=O) groups is 3. The summed E-state index contributed by atoms with van der Waals surface area (Å²) in [6.07, 6.45) is -0.833. The van der Waals surface area contributed by atoms with Crippen molar-refractivity contribution in [2.45, 2.75) is 18.6 Å². The van der Waals surface area contributed by atoms with Crippen molar-refractivity contribution >= 4 is 17.7 Å². The lowest BCUT2D eigenvalue weighted by atomic mass is 9.99. The molecule has 0 spiro atoms.